The topological polar surface area (TPSA) is 41.5 Å². The van der Waals surface area contributed by atoms with Gasteiger partial charge < -0.3 is 15.2 Å². The monoisotopic (exact) mass is 237 g/mol. The van der Waals surface area contributed by atoms with E-state index in [4.69, 9.17) is 4.74 Å². The summed E-state index contributed by atoms with van der Waals surface area (Å²) in [5.41, 5.74) is 3.22. The maximum Gasteiger partial charge on any atom is 0.126 e. The first-order valence-corrected chi connectivity index (χ1v) is 5.89. The molecule has 0 bridgehead atoms. The van der Waals surface area contributed by atoms with E-state index in [0.29, 0.717) is 6.54 Å². The van der Waals surface area contributed by atoms with Crippen molar-refractivity contribution in [2.75, 3.05) is 13.7 Å². The van der Waals surface area contributed by atoms with Crippen LogP contribution >= 0.6 is 0 Å². The first-order chi connectivity index (χ1) is 7.89. The minimum Gasteiger partial charge on any atom is -0.496 e. The van der Waals surface area contributed by atoms with Gasteiger partial charge in [-0.1, -0.05) is 17.7 Å². The minimum absolute atomic E-state index is 0.111. The second-order valence-electron chi connectivity index (χ2n) is 5.17. The molecule has 17 heavy (non-hydrogen) atoms. The third-order valence-corrected chi connectivity index (χ3v) is 2.85. The van der Waals surface area contributed by atoms with Gasteiger partial charge >= 0.3 is 0 Å². The predicted octanol–water partition coefficient (Wildman–Crippen LogP) is 2.17. The van der Waals surface area contributed by atoms with E-state index in [2.05, 4.69) is 24.4 Å². The molecule has 0 atom stereocenters. The van der Waals surface area contributed by atoms with Crippen molar-refractivity contribution < 1.29 is 9.84 Å². The SMILES string of the molecule is COc1c(C)cc(C)cc1CNC(C)(C)CO. The third kappa shape index (κ3) is 3.72. The van der Waals surface area contributed by atoms with Crippen LogP contribution in [0.25, 0.3) is 0 Å². The van der Waals surface area contributed by atoms with E-state index >= 15 is 0 Å². The number of aliphatic hydroxyl groups is 1. The Morgan fingerprint density at radius 3 is 2.47 bits per heavy atom. The van der Waals surface area contributed by atoms with Crippen LogP contribution in [0.4, 0.5) is 0 Å². The number of benzene rings is 1. The van der Waals surface area contributed by atoms with Crippen molar-refractivity contribution in [2.24, 2.45) is 0 Å². The van der Waals surface area contributed by atoms with Crippen molar-refractivity contribution in [1.82, 2.24) is 5.32 Å². The molecule has 0 spiro atoms. The van der Waals surface area contributed by atoms with Crippen molar-refractivity contribution >= 4 is 0 Å². The molecule has 0 heterocycles. The number of hydrogen-bond acceptors (Lipinski definition) is 3. The van der Waals surface area contributed by atoms with Crippen molar-refractivity contribution in [3.05, 3.63) is 28.8 Å². The van der Waals surface area contributed by atoms with Crippen LogP contribution < -0.4 is 10.1 Å². The van der Waals surface area contributed by atoms with Crippen LogP contribution in [0.3, 0.4) is 0 Å². The lowest BCUT2D eigenvalue weighted by Gasteiger charge is -2.24. The summed E-state index contributed by atoms with van der Waals surface area (Å²) < 4.78 is 5.43. The van der Waals surface area contributed by atoms with Gasteiger partial charge in [0, 0.05) is 17.6 Å². The first-order valence-electron chi connectivity index (χ1n) is 5.89. The zero-order valence-electron chi connectivity index (χ0n) is 11.4. The first kappa shape index (κ1) is 14.0. The van der Waals surface area contributed by atoms with Crippen LogP contribution in [0.2, 0.25) is 0 Å². The molecular weight excluding hydrogens is 214 g/mol. The lowest BCUT2D eigenvalue weighted by atomic mass is 10.0. The Morgan fingerprint density at radius 1 is 1.29 bits per heavy atom. The molecule has 0 amide bonds. The van der Waals surface area contributed by atoms with E-state index in [9.17, 15) is 5.11 Å². The molecule has 0 saturated carbocycles. The number of hydrogen-bond donors (Lipinski definition) is 2. The second kappa shape index (κ2) is 5.52. The molecule has 0 unspecified atom stereocenters. The fraction of sp³-hybridized carbons (Fsp3) is 0.571. The lowest BCUT2D eigenvalue weighted by molar-refractivity contribution is 0.187. The molecule has 0 aliphatic carbocycles. The molecule has 0 fully saturated rings. The summed E-state index contributed by atoms with van der Waals surface area (Å²) in [4.78, 5) is 0. The summed E-state index contributed by atoms with van der Waals surface area (Å²) in [6.07, 6.45) is 0. The Bertz CT molecular complexity index is 386. The second-order valence-corrected chi connectivity index (χ2v) is 5.17. The van der Waals surface area contributed by atoms with Crippen molar-refractivity contribution in [3.8, 4) is 5.75 Å². The molecule has 3 heteroatoms. The van der Waals surface area contributed by atoms with Gasteiger partial charge in [0.1, 0.15) is 5.75 Å². The van der Waals surface area contributed by atoms with Crippen LogP contribution in [0.1, 0.15) is 30.5 Å². The summed E-state index contributed by atoms with van der Waals surface area (Å²) in [6.45, 7) is 8.88. The Kier molecular flexibility index (Phi) is 4.54. The van der Waals surface area contributed by atoms with Crippen LogP contribution in [0.15, 0.2) is 12.1 Å². The standard InChI is InChI=1S/C14H23NO2/c1-10-6-11(2)13(17-5)12(7-10)8-15-14(3,4)9-16/h6-7,15-16H,8-9H2,1-5H3. The van der Waals surface area contributed by atoms with E-state index < -0.39 is 0 Å². The third-order valence-electron chi connectivity index (χ3n) is 2.85. The largest absolute Gasteiger partial charge is 0.496 e. The zero-order chi connectivity index (χ0) is 13.1. The molecule has 96 valence electrons. The van der Waals surface area contributed by atoms with Gasteiger partial charge in [-0.3, -0.25) is 0 Å². The van der Waals surface area contributed by atoms with Gasteiger partial charge in [-0.2, -0.15) is 0 Å². The molecule has 0 aromatic heterocycles. The van der Waals surface area contributed by atoms with Gasteiger partial charge in [-0.05, 0) is 33.3 Å². The predicted molar refractivity (Wildman–Crippen MR) is 70.5 cm³/mol. The molecule has 0 aliphatic heterocycles. The van der Waals surface area contributed by atoms with Crippen LogP contribution in [0, 0.1) is 13.8 Å². The molecule has 1 aromatic rings. The van der Waals surface area contributed by atoms with Gasteiger partial charge in [0.2, 0.25) is 0 Å². The molecule has 0 radical (unpaired) electrons. The van der Waals surface area contributed by atoms with E-state index in [1.807, 2.05) is 20.8 Å². The summed E-state index contributed by atoms with van der Waals surface area (Å²) in [6, 6.07) is 4.23. The Balaban J connectivity index is 2.90. The average molecular weight is 237 g/mol. The summed E-state index contributed by atoms with van der Waals surface area (Å²) in [5.74, 6) is 0.928. The fourth-order valence-electron chi connectivity index (χ4n) is 1.86. The van der Waals surface area contributed by atoms with Crippen molar-refractivity contribution in [1.29, 1.82) is 0 Å². The highest BCUT2D eigenvalue weighted by Crippen LogP contribution is 2.25. The lowest BCUT2D eigenvalue weighted by Crippen LogP contribution is -2.42. The van der Waals surface area contributed by atoms with Crippen molar-refractivity contribution in [2.45, 2.75) is 39.8 Å². The van der Waals surface area contributed by atoms with E-state index in [0.717, 1.165) is 16.9 Å². The maximum atomic E-state index is 9.21. The number of aliphatic hydroxyl groups excluding tert-OH is 1. The van der Waals surface area contributed by atoms with Crippen LogP contribution in [-0.4, -0.2) is 24.4 Å². The molecule has 0 aliphatic rings. The molecule has 2 N–H and O–H groups in total. The van der Waals surface area contributed by atoms with Gasteiger partial charge in [-0.25, -0.2) is 0 Å². The highest BCUT2D eigenvalue weighted by molar-refractivity contribution is 5.43. The molecule has 3 nitrogen and oxygen atoms in total. The number of aryl methyl sites for hydroxylation is 2. The normalized spacial score (nSPS) is 11.6. The molecular formula is C14H23NO2. The van der Waals surface area contributed by atoms with Gasteiger partial charge in [0.25, 0.3) is 0 Å². The summed E-state index contributed by atoms with van der Waals surface area (Å²) in [7, 11) is 1.69. The number of rotatable bonds is 5. The fourth-order valence-corrected chi connectivity index (χ4v) is 1.86. The number of ether oxygens (including phenoxy) is 1. The highest BCUT2D eigenvalue weighted by Gasteiger charge is 2.16. The quantitative estimate of drug-likeness (QED) is 0.824. The van der Waals surface area contributed by atoms with Crippen LogP contribution in [-0.2, 0) is 6.54 Å². The minimum atomic E-state index is -0.275. The molecule has 1 rings (SSSR count). The van der Waals surface area contributed by atoms with Gasteiger partial charge in [-0.15, -0.1) is 0 Å². The van der Waals surface area contributed by atoms with E-state index in [1.165, 1.54) is 5.56 Å². The zero-order valence-corrected chi connectivity index (χ0v) is 11.4. The summed E-state index contributed by atoms with van der Waals surface area (Å²) in [5, 5.41) is 12.5. The highest BCUT2D eigenvalue weighted by atomic mass is 16.5. The van der Waals surface area contributed by atoms with E-state index in [-0.39, 0.29) is 12.1 Å². The Hall–Kier alpha value is -1.06. The number of nitrogens with one attached hydrogen (secondary N) is 1. The van der Waals surface area contributed by atoms with Crippen molar-refractivity contribution in [3.63, 3.8) is 0 Å². The van der Waals surface area contributed by atoms with Gasteiger partial charge in [0.05, 0.1) is 13.7 Å². The van der Waals surface area contributed by atoms with Crippen LogP contribution in [0.5, 0.6) is 5.75 Å². The Labute approximate surface area is 104 Å². The molecule has 1 aromatic carbocycles. The average Bonchev–Trinajstić information content (AvgIpc) is 2.26. The van der Waals surface area contributed by atoms with E-state index in [1.54, 1.807) is 7.11 Å². The molecule has 0 saturated heterocycles. The smallest absolute Gasteiger partial charge is 0.126 e. The Morgan fingerprint density at radius 2 is 1.94 bits per heavy atom. The summed E-state index contributed by atoms with van der Waals surface area (Å²) >= 11 is 0. The van der Waals surface area contributed by atoms with Gasteiger partial charge in [0.15, 0.2) is 0 Å². The number of methoxy groups -OCH3 is 1. The maximum absolute atomic E-state index is 9.21.